The largest absolute Gasteiger partial charge is 0.327 e. The molecule has 1 fully saturated rings. The molecule has 1 saturated carbocycles. The second-order valence-corrected chi connectivity index (χ2v) is 4.17. The van der Waals surface area contributed by atoms with E-state index in [1.165, 1.54) is 13.0 Å². The lowest BCUT2D eigenvalue weighted by molar-refractivity contribution is 0.300. The molecule has 2 heteroatoms. The van der Waals surface area contributed by atoms with E-state index in [2.05, 4.69) is 25.8 Å². The lowest BCUT2D eigenvalue weighted by atomic mass is 10.3. The Morgan fingerprint density at radius 1 is 1.64 bits per heavy atom. The molecule has 0 aromatic rings. The van der Waals surface area contributed by atoms with Gasteiger partial charge in [-0.3, -0.25) is 0 Å². The van der Waals surface area contributed by atoms with Crippen LogP contribution in [0.5, 0.6) is 0 Å². The Morgan fingerprint density at radius 2 is 2.18 bits per heavy atom. The van der Waals surface area contributed by atoms with Crippen molar-refractivity contribution in [3.63, 3.8) is 0 Å². The molecule has 0 amide bonds. The summed E-state index contributed by atoms with van der Waals surface area (Å²) in [6.07, 6.45) is 1.42. The lowest BCUT2D eigenvalue weighted by Gasteiger charge is -2.18. The number of hydrogen-bond acceptors (Lipinski definition) is 2. The maximum atomic E-state index is 5.68. The van der Waals surface area contributed by atoms with Crippen molar-refractivity contribution >= 4 is 0 Å². The van der Waals surface area contributed by atoms with E-state index in [9.17, 15) is 0 Å². The number of nitrogens with two attached hydrogens (primary N) is 1. The maximum Gasteiger partial charge on any atom is 0.0139 e. The van der Waals surface area contributed by atoms with E-state index in [-0.39, 0.29) is 0 Å². The Hall–Kier alpha value is -0.0800. The minimum atomic E-state index is 0.314. The first-order valence-corrected chi connectivity index (χ1v) is 4.53. The van der Waals surface area contributed by atoms with E-state index < -0.39 is 0 Å². The predicted octanol–water partition coefficient (Wildman–Crippen LogP) is 0.921. The molecule has 0 saturated heterocycles. The van der Waals surface area contributed by atoms with Gasteiger partial charge in [-0.1, -0.05) is 6.92 Å². The van der Waals surface area contributed by atoms with Gasteiger partial charge in [-0.15, -0.1) is 0 Å². The van der Waals surface area contributed by atoms with Crippen molar-refractivity contribution in [2.75, 3.05) is 20.1 Å². The maximum absolute atomic E-state index is 5.68. The third-order valence-electron chi connectivity index (χ3n) is 2.42. The highest BCUT2D eigenvalue weighted by Gasteiger charge is 2.32. The van der Waals surface area contributed by atoms with Gasteiger partial charge in [0.1, 0.15) is 0 Å². The zero-order valence-electron chi connectivity index (χ0n) is 7.88. The summed E-state index contributed by atoms with van der Waals surface area (Å²) in [5, 5.41) is 0. The Labute approximate surface area is 69.8 Å². The van der Waals surface area contributed by atoms with Crippen molar-refractivity contribution in [3.05, 3.63) is 0 Å². The van der Waals surface area contributed by atoms with Crippen LogP contribution in [0.1, 0.15) is 20.3 Å². The quantitative estimate of drug-likeness (QED) is 0.656. The summed E-state index contributed by atoms with van der Waals surface area (Å²) >= 11 is 0. The minimum Gasteiger partial charge on any atom is -0.327 e. The predicted molar refractivity (Wildman–Crippen MR) is 48.4 cm³/mol. The van der Waals surface area contributed by atoms with Crippen LogP contribution in [0.3, 0.4) is 0 Å². The molecular weight excluding hydrogens is 136 g/mol. The Morgan fingerprint density at radius 3 is 2.55 bits per heavy atom. The van der Waals surface area contributed by atoms with Gasteiger partial charge < -0.3 is 10.6 Å². The van der Waals surface area contributed by atoms with Crippen LogP contribution in [0.15, 0.2) is 0 Å². The Kier molecular flexibility index (Phi) is 2.90. The monoisotopic (exact) mass is 156 g/mol. The van der Waals surface area contributed by atoms with Crippen LogP contribution in [-0.4, -0.2) is 31.1 Å². The van der Waals surface area contributed by atoms with Crippen molar-refractivity contribution in [2.45, 2.75) is 26.3 Å². The second-order valence-electron chi connectivity index (χ2n) is 4.17. The van der Waals surface area contributed by atoms with Gasteiger partial charge >= 0.3 is 0 Å². The third-order valence-corrected chi connectivity index (χ3v) is 2.42. The van der Waals surface area contributed by atoms with Crippen molar-refractivity contribution in [3.8, 4) is 0 Å². The van der Waals surface area contributed by atoms with Crippen molar-refractivity contribution < 1.29 is 0 Å². The first-order chi connectivity index (χ1) is 5.09. The topological polar surface area (TPSA) is 29.3 Å². The molecule has 11 heavy (non-hydrogen) atoms. The van der Waals surface area contributed by atoms with E-state index in [1.54, 1.807) is 0 Å². The van der Waals surface area contributed by atoms with Crippen LogP contribution in [0.2, 0.25) is 0 Å². The van der Waals surface area contributed by atoms with E-state index >= 15 is 0 Å². The van der Waals surface area contributed by atoms with E-state index in [0.29, 0.717) is 6.04 Å². The zero-order valence-corrected chi connectivity index (χ0v) is 7.88. The summed E-state index contributed by atoms with van der Waals surface area (Å²) < 4.78 is 0. The summed E-state index contributed by atoms with van der Waals surface area (Å²) in [6, 6.07) is 0.314. The molecule has 0 bridgehead atoms. The van der Waals surface area contributed by atoms with Crippen LogP contribution in [0, 0.1) is 11.8 Å². The molecule has 0 radical (unpaired) electrons. The first kappa shape index (κ1) is 9.01. The normalized spacial score (nSPS) is 32.5. The van der Waals surface area contributed by atoms with Crippen molar-refractivity contribution in [2.24, 2.45) is 17.6 Å². The smallest absolute Gasteiger partial charge is 0.0139 e. The number of likely N-dealkylation sites (N-methyl/N-ethyl adjacent to an activating group) is 1. The molecule has 2 nitrogen and oxygen atoms in total. The summed E-state index contributed by atoms with van der Waals surface area (Å²) in [5.41, 5.74) is 5.68. The Balaban J connectivity index is 2.06. The summed E-state index contributed by atoms with van der Waals surface area (Å²) in [4.78, 5) is 2.35. The number of nitrogens with zero attached hydrogens (tertiary/aromatic N) is 1. The molecule has 0 aliphatic heterocycles. The molecule has 1 aliphatic rings. The fraction of sp³-hybridized carbons (Fsp3) is 1.00. The standard InChI is InChI=1S/C9H20N2/c1-7-4-9(7)6-11(3)5-8(2)10/h7-9H,4-6,10H2,1-3H3/t7?,8-,9?/m0/s1. The second kappa shape index (κ2) is 3.55. The van der Waals surface area contributed by atoms with Crippen LogP contribution in [0.4, 0.5) is 0 Å². The number of rotatable bonds is 4. The van der Waals surface area contributed by atoms with Crippen LogP contribution in [-0.2, 0) is 0 Å². The Bertz CT molecular complexity index is 123. The summed E-state index contributed by atoms with van der Waals surface area (Å²) in [7, 11) is 2.16. The average molecular weight is 156 g/mol. The summed E-state index contributed by atoms with van der Waals surface area (Å²) in [5.74, 6) is 1.92. The molecule has 1 aliphatic carbocycles. The molecule has 0 aromatic carbocycles. The molecule has 2 N–H and O–H groups in total. The van der Waals surface area contributed by atoms with Gasteiger partial charge in [0.15, 0.2) is 0 Å². The van der Waals surface area contributed by atoms with Gasteiger partial charge in [0.2, 0.25) is 0 Å². The van der Waals surface area contributed by atoms with Gasteiger partial charge in [0.25, 0.3) is 0 Å². The van der Waals surface area contributed by atoms with E-state index in [4.69, 9.17) is 5.73 Å². The van der Waals surface area contributed by atoms with Gasteiger partial charge in [0, 0.05) is 19.1 Å². The van der Waals surface area contributed by atoms with Crippen molar-refractivity contribution in [1.82, 2.24) is 4.90 Å². The molecule has 0 heterocycles. The molecule has 1 rings (SSSR count). The molecule has 0 spiro atoms. The van der Waals surface area contributed by atoms with Crippen LogP contribution < -0.4 is 5.73 Å². The van der Waals surface area contributed by atoms with E-state index in [0.717, 1.165) is 18.4 Å². The van der Waals surface area contributed by atoms with Gasteiger partial charge in [-0.05, 0) is 32.2 Å². The lowest BCUT2D eigenvalue weighted by Crippen LogP contribution is -2.34. The zero-order chi connectivity index (χ0) is 8.43. The van der Waals surface area contributed by atoms with Gasteiger partial charge in [-0.25, -0.2) is 0 Å². The molecule has 2 unspecified atom stereocenters. The number of hydrogen-bond donors (Lipinski definition) is 1. The highest BCUT2D eigenvalue weighted by Crippen LogP contribution is 2.37. The molecular formula is C9H20N2. The van der Waals surface area contributed by atoms with E-state index in [1.807, 2.05) is 0 Å². The van der Waals surface area contributed by atoms with Crippen molar-refractivity contribution in [1.29, 1.82) is 0 Å². The minimum absolute atomic E-state index is 0.314. The summed E-state index contributed by atoms with van der Waals surface area (Å²) in [6.45, 7) is 6.66. The third kappa shape index (κ3) is 3.21. The molecule has 0 aromatic heterocycles. The average Bonchev–Trinajstić information content (AvgIpc) is 2.43. The van der Waals surface area contributed by atoms with Gasteiger partial charge in [-0.2, -0.15) is 0 Å². The van der Waals surface area contributed by atoms with Crippen LogP contribution >= 0.6 is 0 Å². The molecule has 66 valence electrons. The highest BCUT2D eigenvalue weighted by molar-refractivity contribution is 4.84. The van der Waals surface area contributed by atoms with Gasteiger partial charge in [0.05, 0.1) is 0 Å². The fourth-order valence-corrected chi connectivity index (χ4v) is 1.62. The van der Waals surface area contributed by atoms with Crippen LogP contribution in [0.25, 0.3) is 0 Å². The fourth-order valence-electron chi connectivity index (χ4n) is 1.62. The SMILES string of the molecule is CC1CC1CN(C)C[C@H](C)N. The molecule has 3 atom stereocenters. The highest BCUT2D eigenvalue weighted by atomic mass is 15.1. The first-order valence-electron chi connectivity index (χ1n) is 4.53.